The average Bonchev–Trinajstić information content (AvgIpc) is 2.55. The van der Waals surface area contributed by atoms with E-state index in [9.17, 15) is 0 Å². The molecule has 1 heterocycles. The minimum atomic E-state index is -0.159. The van der Waals surface area contributed by atoms with Gasteiger partial charge in [-0.05, 0) is 27.7 Å². The summed E-state index contributed by atoms with van der Waals surface area (Å²) in [4.78, 5) is 0. The molecule has 5 heteroatoms. The van der Waals surface area contributed by atoms with E-state index in [1.54, 1.807) is 0 Å². The third-order valence-electron chi connectivity index (χ3n) is 2.04. The van der Waals surface area contributed by atoms with Crippen LogP contribution in [0.2, 0.25) is 0 Å². The second kappa shape index (κ2) is 4.72. The van der Waals surface area contributed by atoms with Crippen molar-refractivity contribution in [3.8, 4) is 0 Å². The maximum atomic E-state index is 5.65. The Hall–Kier alpha value is -0.940. The molecule has 0 bridgehead atoms. The minimum Gasteiger partial charge on any atom is -0.368 e. The summed E-state index contributed by atoms with van der Waals surface area (Å²) in [5, 5.41) is 8.08. The van der Waals surface area contributed by atoms with E-state index in [1.165, 1.54) is 0 Å². The molecule has 0 aromatic carbocycles. The Balaban J connectivity index is 2.73. The fourth-order valence-corrected chi connectivity index (χ4v) is 1.28. The van der Waals surface area contributed by atoms with Gasteiger partial charge in [-0.25, -0.2) is 0 Å². The molecule has 1 aromatic heterocycles. The lowest BCUT2D eigenvalue weighted by Gasteiger charge is -2.19. The summed E-state index contributed by atoms with van der Waals surface area (Å²) in [6.45, 7) is 9.81. The summed E-state index contributed by atoms with van der Waals surface area (Å²) in [5.74, 6) is 1.65. The molecule has 0 spiro atoms. The second-order valence-electron chi connectivity index (χ2n) is 4.38. The maximum Gasteiger partial charge on any atom is 0.159 e. The lowest BCUT2D eigenvalue weighted by Crippen LogP contribution is -2.20. The summed E-state index contributed by atoms with van der Waals surface area (Å²) in [5.41, 5.74) is 5.40. The highest BCUT2D eigenvalue weighted by Gasteiger charge is 2.14. The van der Waals surface area contributed by atoms with Gasteiger partial charge in [-0.15, -0.1) is 10.2 Å². The first-order valence-electron chi connectivity index (χ1n) is 5.23. The van der Waals surface area contributed by atoms with Gasteiger partial charge in [-0.3, -0.25) is 0 Å². The van der Waals surface area contributed by atoms with Crippen molar-refractivity contribution in [3.05, 3.63) is 11.6 Å². The zero-order valence-electron chi connectivity index (χ0n) is 9.95. The highest BCUT2D eigenvalue weighted by Crippen LogP contribution is 2.11. The maximum absolute atomic E-state index is 5.65. The molecular weight excluding hydrogens is 192 g/mol. The quantitative estimate of drug-likeness (QED) is 0.810. The Morgan fingerprint density at radius 2 is 1.87 bits per heavy atom. The molecule has 0 aliphatic rings. The van der Waals surface area contributed by atoms with Gasteiger partial charge in [0.2, 0.25) is 0 Å². The van der Waals surface area contributed by atoms with Crippen molar-refractivity contribution in [1.82, 2.24) is 14.8 Å². The van der Waals surface area contributed by atoms with Crippen LogP contribution in [-0.4, -0.2) is 20.4 Å². The van der Waals surface area contributed by atoms with Gasteiger partial charge >= 0.3 is 0 Å². The normalized spacial score (nSPS) is 12.1. The van der Waals surface area contributed by atoms with E-state index < -0.39 is 0 Å². The molecule has 86 valence electrons. The van der Waals surface area contributed by atoms with Crippen molar-refractivity contribution in [3.63, 3.8) is 0 Å². The van der Waals surface area contributed by atoms with E-state index in [0.29, 0.717) is 13.2 Å². The van der Waals surface area contributed by atoms with Crippen molar-refractivity contribution in [2.24, 2.45) is 5.73 Å². The van der Waals surface area contributed by atoms with Crippen LogP contribution in [0.3, 0.4) is 0 Å². The largest absolute Gasteiger partial charge is 0.368 e. The molecule has 2 N–H and O–H groups in total. The van der Waals surface area contributed by atoms with Crippen molar-refractivity contribution in [2.45, 2.75) is 53.0 Å². The first-order chi connectivity index (χ1) is 6.98. The Bertz CT molecular complexity index is 314. The average molecular weight is 212 g/mol. The number of nitrogens with two attached hydrogens (primary N) is 1. The first-order valence-corrected chi connectivity index (χ1v) is 5.23. The third-order valence-corrected chi connectivity index (χ3v) is 2.04. The highest BCUT2D eigenvalue weighted by molar-refractivity contribution is 4.94. The van der Waals surface area contributed by atoms with Crippen LogP contribution in [0.4, 0.5) is 0 Å². The van der Waals surface area contributed by atoms with Crippen LogP contribution in [0, 0.1) is 0 Å². The van der Waals surface area contributed by atoms with Crippen LogP contribution >= 0.6 is 0 Å². The van der Waals surface area contributed by atoms with Crippen LogP contribution < -0.4 is 5.73 Å². The fraction of sp³-hybridized carbons (Fsp3) is 0.800. The van der Waals surface area contributed by atoms with Crippen molar-refractivity contribution < 1.29 is 4.74 Å². The van der Waals surface area contributed by atoms with E-state index >= 15 is 0 Å². The molecule has 15 heavy (non-hydrogen) atoms. The van der Waals surface area contributed by atoms with Crippen LogP contribution in [0.5, 0.6) is 0 Å². The summed E-state index contributed by atoms with van der Waals surface area (Å²) in [6.07, 6.45) is 0. The smallest absolute Gasteiger partial charge is 0.159 e. The van der Waals surface area contributed by atoms with Crippen molar-refractivity contribution in [2.75, 3.05) is 0 Å². The van der Waals surface area contributed by atoms with Gasteiger partial charge in [0.1, 0.15) is 12.4 Å². The van der Waals surface area contributed by atoms with Crippen molar-refractivity contribution >= 4 is 0 Å². The number of hydrogen-bond acceptors (Lipinski definition) is 4. The molecule has 1 aromatic rings. The van der Waals surface area contributed by atoms with E-state index in [4.69, 9.17) is 10.5 Å². The summed E-state index contributed by atoms with van der Waals surface area (Å²) < 4.78 is 7.64. The Kier molecular flexibility index (Phi) is 3.82. The monoisotopic (exact) mass is 212 g/mol. The molecule has 5 nitrogen and oxygen atoms in total. The van der Waals surface area contributed by atoms with E-state index in [1.807, 2.05) is 32.3 Å². The number of aromatic nitrogens is 3. The zero-order valence-corrected chi connectivity index (χ0v) is 9.95. The lowest BCUT2D eigenvalue weighted by atomic mass is 10.2. The molecule has 0 radical (unpaired) electrons. The van der Waals surface area contributed by atoms with Crippen LogP contribution in [-0.2, 0) is 24.4 Å². The lowest BCUT2D eigenvalue weighted by molar-refractivity contribution is -0.0194. The van der Waals surface area contributed by atoms with E-state index in [0.717, 1.165) is 18.2 Å². The fourth-order valence-electron chi connectivity index (χ4n) is 1.28. The van der Waals surface area contributed by atoms with Gasteiger partial charge in [-0.1, -0.05) is 0 Å². The molecular formula is C10H20N4O. The highest BCUT2D eigenvalue weighted by atomic mass is 16.5. The zero-order chi connectivity index (χ0) is 11.5. The molecule has 0 saturated carbocycles. The molecule has 0 atom stereocenters. The summed E-state index contributed by atoms with van der Waals surface area (Å²) in [6, 6.07) is 0. The predicted octanol–water partition coefficient (Wildman–Crippen LogP) is 1.07. The van der Waals surface area contributed by atoms with E-state index in [2.05, 4.69) is 10.2 Å². The standard InChI is InChI=1S/C10H20N4O/c1-5-14-8(6-11)12-13-9(14)7-15-10(2,3)4/h5-7,11H2,1-4H3. The number of rotatable bonds is 4. The SMILES string of the molecule is CCn1c(CN)nnc1COC(C)(C)C. The molecule has 0 aliphatic carbocycles. The Morgan fingerprint density at radius 3 is 2.33 bits per heavy atom. The van der Waals surface area contributed by atoms with E-state index in [-0.39, 0.29) is 5.60 Å². The number of hydrogen-bond donors (Lipinski definition) is 1. The van der Waals surface area contributed by atoms with Crippen LogP contribution in [0.15, 0.2) is 0 Å². The topological polar surface area (TPSA) is 66.0 Å². The van der Waals surface area contributed by atoms with Crippen LogP contribution in [0.25, 0.3) is 0 Å². The molecule has 0 aliphatic heterocycles. The van der Waals surface area contributed by atoms with Crippen molar-refractivity contribution in [1.29, 1.82) is 0 Å². The first kappa shape index (κ1) is 12.1. The molecule has 0 amide bonds. The molecule has 0 saturated heterocycles. The molecule has 0 unspecified atom stereocenters. The minimum absolute atomic E-state index is 0.159. The summed E-state index contributed by atoms with van der Waals surface area (Å²) in [7, 11) is 0. The van der Waals surface area contributed by atoms with Crippen LogP contribution in [0.1, 0.15) is 39.3 Å². The van der Waals surface area contributed by atoms with Gasteiger partial charge in [0, 0.05) is 6.54 Å². The van der Waals surface area contributed by atoms with Gasteiger partial charge in [0.25, 0.3) is 0 Å². The number of ether oxygens (including phenoxy) is 1. The van der Waals surface area contributed by atoms with Gasteiger partial charge in [-0.2, -0.15) is 0 Å². The van der Waals surface area contributed by atoms with Gasteiger partial charge < -0.3 is 15.0 Å². The van der Waals surface area contributed by atoms with Gasteiger partial charge in [0.15, 0.2) is 5.82 Å². The molecule has 0 fully saturated rings. The Morgan fingerprint density at radius 1 is 1.27 bits per heavy atom. The predicted molar refractivity (Wildman–Crippen MR) is 58.1 cm³/mol. The molecule has 1 rings (SSSR count). The Labute approximate surface area is 90.6 Å². The number of nitrogens with zero attached hydrogens (tertiary/aromatic N) is 3. The van der Waals surface area contributed by atoms with Gasteiger partial charge in [0.05, 0.1) is 12.1 Å². The summed E-state index contributed by atoms with van der Waals surface area (Å²) >= 11 is 0. The second-order valence-corrected chi connectivity index (χ2v) is 4.38. The third kappa shape index (κ3) is 3.28.